The van der Waals surface area contributed by atoms with E-state index in [9.17, 15) is 17.8 Å². The summed E-state index contributed by atoms with van der Waals surface area (Å²) in [6, 6.07) is 8.12. The molecule has 0 saturated carbocycles. The fourth-order valence-electron chi connectivity index (χ4n) is 4.15. The van der Waals surface area contributed by atoms with Gasteiger partial charge >= 0.3 is 0 Å². The number of alkyl halides is 2. The number of pyridine rings is 1. The molecule has 1 saturated heterocycles. The lowest BCUT2D eigenvalue weighted by atomic mass is 10.0. The van der Waals surface area contributed by atoms with E-state index in [4.69, 9.17) is 9.76 Å². The quantitative estimate of drug-likeness (QED) is 0.526. The van der Waals surface area contributed by atoms with E-state index in [0.29, 0.717) is 34.2 Å². The van der Waals surface area contributed by atoms with Crippen LogP contribution < -0.4 is 10.2 Å². The van der Waals surface area contributed by atoms with Crippen molar-refractivity contribution in [2.24, 2.45) is 7.05 Å². The Bertz CT molecular complexity index is 1370. The van der Waals surface area contributed by atoms with Crippen molar-refractivity contribution >= 4 is 27.1 Å². The molecule has 11 heteroatoms. The SMILES string of the molecule is Cc1cc(-c2cnn(C)c2)nc(N2CCCC(F)(F)CC2)c1C(=O)Nc1cccc(S(C)(=N)=O)c1. The molecular weight excluding hydrogens is 474 g/mol. The summed E-state index contributed by atoms with van der Waals surface area (Å²) in [5.41, 5.74) is 2.66. The molecule has 2 aromatic heterocycles. The predicted octanol–water partition coefficient (Wildman–Crippen LogP) is 4.70. The van der Waals surface area contributed by atoms with E-state index in [1.54, 1.807) is 60.2 Å². The molecule has 0 spiro atoms. The zero-order chi connectivity index (χ0) is 25.4. The largest absolute Gasteiger partial charge is 0.356 e. The first-order valence-corrected chi connectivity index (χ1v) is 13.2. The second kappa shape index (κ2) is 9.37. The number of nitrogens with zero attached hydrogens (tertiary/aromatic N) is 4. The first kappa shape index (κ1) is 24.8. The fraction of sp³-hybridized carbons (Fsp3) is 0.375. The molecule has 1 aliphatic rings. The minimum Gasteiger partial charge on any atom is -0.356 e. The van der Waals surface area contributed by atoms with E-state index in [2.05, 4.69) is 10.4 Å². The second-order valence-corrected chi connectivity index (χ2v) is 11.1. The highest BCUT2D eigenvalue weighted by molar-refractivity contribution is 7.91. The zero-order valence-electron chi connectivity index (χ0n) is 19.8. The van der Waals surface area contributed by atoms with Gasteiger partial charge in [0.2, 0.25) is 5.92 Å². The van der Waals surface area contributed by atoms with E-state index >= 15 is 0 Å². The average Bonchev–Trinajstić information content (AvgIpc) is 3.12. The van der Waals surface area contributed by atoms with Gasteiger partial charge in [-0.25, -0.2) is 22.8 Å². The van der Waals surface area contributed by atoms with Crippen LogP contribution in [0.25, 0.3) is 11.3 Å². The Balaban J connectivity index is 1.76. The number of amides is 1. The molecule has 4 rings (SSSR count). The van der Waals surface area contributed by atoms with Gasteiger partial charge in [0, 0.05) is 61.6 Å². The molecule has 3 aromatic rings. The van der Waals surface area contributed by atoms with Crippen LogP contribution in [0.1, 0.15) is 35.2 Å². The van der Waals surface area contributed by atoms with Crippen LogP contribution in [0.2, 0.25) is 0 Å². The molecule has 2 N–H and O–H groups in total. The van der Waals surface area contributed by atoms with E-state index in [0.717, 1.165) is 5.56 Å². The number of benzene rings is 1. The normalized spacial score (nSPS) is 17.5. The molecule has 0 radical (unpaired) electrons. The van der Waals surface area contributed by atoms with Crippen molar-refractivity contribution in [2.75, 3.05) is 29.6 Å². The molecule has 0 bridgehead atoms. The average molecular weight is 503 g/mol. The molecule has 1 unspecified atom stereocenters. The number of aromatic nitrogens is 3. The maximum Gasteiger partial charge on any atom is 0.259 e. The van der Waals surface area contributed by atoms with Crippen LogP contribution in [0, 0.1) is 11.7 Å². The lowest BCUT2D eigenvalue weighted by Gasteiger charge is -2.25. The number of anilines is 2. The Morgan fingerprint density at radius 1 is 1.23 bits per heavy atom. The van der Waals surface area contributed by atoms with Crippen LogP contribution >= 0.6 is 0 Å². The zero-order valence-corrected chi connectivity index (χ0v) is 20.7. The van der Waals surface area contributed by atoms with Crippen LogP contribution in [0.4, 0.5) is 20.3 Å². The van der Waals surface area contributed by atoms with Gasteiger partial charge in [-0.05, 0) is 43.2 Å². The van der Waals surface area contributed by atoms with Crippen molar-refractivity contribution in [1.82, 2.24) is 14.8 Å². The molecule has 1 fully saturated rings. The highest BCUT2D eigenvalue weighted by atomic mass is 32.2. The highest BCUT2D eigenvalue weighted by Crippen LogP contribution is 2.33. The Hall–Kier alpha value is -3.34. The van der Waals surface area contributed by atoms with E-state index in [1.807, 2.05) is 0 Å². The third-order valence-electron chi connectivity index (χ3n) is 5.98. The number of halogens is 2. The van der Waals surface area contributed by atoms with Crippen LogP contribution in [-0.2, 0) is 16.8 Å². The molecule has 8 nitrogen and oxygen atoms in total. The number of hydrogen-bond donors (Lipinski definition) is 2. The van der Waals surface area contributed by atoms with Gasteiger partial charge in [-0.3, -0.25) is 9.48 Å². The summed E-state index contributed by atoms with van der Waals surface area (Å²) >= 11 is 0. The van der Waals surface area contributed by atoms with Gasteiger partial charge in [0.15, 0.2) is 0 Å². The third kappa shape index (κ3) is 5.67. The van der Waals surface area contributed by atoms with Crippen molar-refractivity contribution in [3.05, 3.63) is 53.9 Å². The lowest BCUT2D eigenvalue weighted by molar-refractivity contribution is -0.0102. The van der Waals surface area contributed by atoms with Crippen molar-refractivity contribution in [2.45, 2.75) is 37.0 Å². The molecule has 1 aromatic carbocycles. The second-order valence-electron chi connectivity index (χ2n) is 8.95. The molecule has 1 amide bonds. The molecule has 3 heterocycles. The van der Waals surface area contributed by atoms with Crippen LogP contribution in [0.15, 0.2) is 47.6 Å². The van der Waals surface area contributed by atoms with Gasteiger partial charge in [-0.2, -0.15) is 5.10 Å². The van der Waals surface area contributed by atoms with E-state index in [-0.39, 0.29) is 31.4 Å². The first-order chi connectivity index (χ1) is 16.4. The molecular formula is C24H28F2N6O2S. The number of carbonyl (C=O) groups excluding carboxylic acids is 1. The molecule has 1 aliphatic heterocycles. The van der Waals surface area contributed by atoms with Crippen molar-refractivity contribution in [3.8, 4) is 11.3 Å². The van der Waals surface area contributed by atoms with Crippen LogP contribution in [0.3, 0.4) is 0 Å². The summed E-state index contributed by atoms with van der Waals surface area (Å²) in [4.78, 5) is 20.3. The summed E-state index contributed by atoms with van der Waals surface area (Å²) < 4.78 is 49.8. The predicted molar refractivity (Wildman–Crippen MR) is 132 cm³/mol. The minimum absolute atomic E-state index is 0.0719. The summed E-state index contributed by atoms with van der Waals surface area (Å²) in [7, 11) is -1.17. The number of nitrogens with one attached hydrogen (secondary N) is 2. The molecule has 0 aliphatic carbocycles. The molecule has 186 valence electrons. The van der Waals surface area contributed by atoms with Crippen molar-refractivity contribution in [3.63, 3.8) is 0 Å². The summed E-state index contributed by atoms with van der Waals surface area (Å²) in [6.07, 6.45) is 4.53. The van der Waals surface area contributed by atoms with Gasteiger partial charge in [-0.15, -0.1) is 0 Å². The Kier molecular flexibility index (Phi) is 6.63. The topological polar surface area (TPSA) is 104 Å². The highest BCUT2D eigenvalue weighted by Gasteiger charge is 2.33. The Morgan fingerprint density at radius 2 is 2.00 bits per heavy atom. The third-order valence-corrected chi connectivity index (χ3v) is 7.14. The number of carbonyl (C=O) groups is 1. The van der Waals surface area contributed by atoms with Crippen LogP contribution in [-0.4, -0.2) is 50.1 Å². The standard InChI is InChI=1S/C24H28F2N6O2S/c1-16-12-20(17-14-28-31(2)15-17)30-22(32-10-5-8-24(25,26)9-11-32)21(16)23(33)29-18-6-4-7-19(13-18)35(3,27)34/h4,6-7,12-15,27H,5,8-11H2,1-3H3,(H,29,33). The van der Waals surface area contributed by atoms with Crippen molar-refractivity contribution in [1.29, 1.82) is 4.78 Å². The number of hydrogen-bond acceptors (Lipinski definition) is 6. The van der Waals surface area contributed by atoms with Gasteiger partial charge in [0.25, 0.3) is 5.91 Å². The molecule has 1 atom stereocenters. The first-order valence-electron chi connectivity index (χ1n) is 11.2. The fourth-order valence-corrected chi connectivity index (χ4v) is 4.84. The Labute approximate surface area is 203 Å². The van der Waals surface area contributed by atoms with Gasteiger partial charge in [-0.1, -0.05) is 6.07 Å². The van der Waals surface area contributed by atoms with Crippen molar-refractivity contribution < 1.29 is 17.8 Å². The van der Waals surface area contributed by atoms with Gasteiger partial charge in [0.05, 0.1) is 27.2 Å². The Morgan fingerprint density at radius 3 is 2.69 bits per heavy atom. The number of aryl methyl sites for hydroxylation is 2. The maximum atomic E-state index is 14.1. The number of rotatable bonds is 5. The van der Waals surface area contributed by atoms with E-state index < -0.39 is 21.6 Å². The lowest BCUT2D eigenvalue weighted by Crippen LogP contribution is -2.30. The summed E-state index contributed by atoms with van der Waals surface area (Å²) in [5, 5.41) is 6.99. The van der Waals surface area contributed by atoms with Crippen LogP contribution in [0.5, 0.6) is 0 Å². The summed E-state index contributed by atoms with van der Waals surface area (Å²) in [5.74, 6) is -2.87. The smallest absolute Gasteiger partial charge is 0.259 e. The summed E-state index contributed by atoms with van der Waals surface area (Å²) in [6.45, 7) is 2.21. The maximum absolute atomic E-state index is 14.1. The van der Waals surface area contributed by atoms with Gasteiger partial charge in [0.1, 0.15) is 5.82 Å². The monoisotopic (exact) mass is 502 g/mol. The van der Waals surface area contributed by atoms with Gasteiger partial charge < -0.3 is 10.2 Å². The van der Waals surface area contributed by atoms with E-state index in [1.165, 1.54) is 12.3 Å². The minimum atomic E-state index is -2.96. The molecule has 35 heavy (non-hydrogen) atoms.